The number of hydrogen-bond donors (Lipinski definition) is 0. The minimum atomic E-state index is -0.415. The van der Waals surface area contributed by atoms with Crippen LogP contribution in [0.5, 0.6) is 0 Å². The third-order valence-electron chi connectivity index (χ3n) is 4.59. The van der Waals surface area contributed by atoms with Crippen LogP contribution in [0.15, 0.2) is 0 Å². The smallest absolute Gasteiger partial charge is 0.410 e. The molecule has 1 amide bonds. The van der Waals surface area contributed by atoms with E-state index in [9.17, 15) is 4.79 Å². The van der Waals surface area contributed by atoms with Crippen LogP contribution in [0, 0.1) is 5.41 Å². The van der Waals surface area contributed by atoms with Crippen molar-refractivity contribution < 1.29 is 19.0 Å². The Morgan fingerprint density at radius 1 is 1.05 bits per heavy atom. The molecule has 5 heteroatoms. The molecule has 1 aliphatic carbocycles. The molecule has 3 aliphatic rings. The molecule has 0 bridgehead atoms. The van der Waals surface area contributed by atoms with E-state index in [2.05, 4.69) is 0 Å². The second kappa shape index (κ2) is 4.60. The highest BCUT2D eigenvalue weighted by molar-refractivity contribution is 5.69. The van der Waals surface area contributed by atoms with E-state index in [1.807, 2.05) is 25.7 Å². The molecule has 0 aromatic carbocycles. The third kappa shape index (κ3) is 2.66. The summed E-state index contributed by atoms with van der Waals surface area (Å²) in [5.74, 6) is -0.308. The van der Waals surface area contributed by atoms with Crippen molar-refractivity contribution in [2.75, 3.05) is 26.3 Å². The SMILES string of the molecule is CC(C)(C)OC(=O)N1CC2(CCC3(CC2)OCCO3)C1. The van der Waals surface area contributed by atoms with Crippen LogP contribution in [-0.4, -0.2) is 48.7 Å². The van der Waals surface area contributed by atoms with Crippen molar-refractivity contribution in [3.05, 3.63) is 0 Å². The summed E-state index contributed by atoms with van der Waals surface area (Å²) in [4.78, 5) is 13.8. The first kappa shape index (κ1) is 14.1. The van der Waals surface area contributed by atoms with Gasteiger partial charge in [0, 0.05) is 31.3 Å². The van der Waals surface area contributed by atoms with Crippen LogP contribution in [0.3, 0.4) is 0 Å². The fourth-order valence-electron chi connectivity index (χ4n) is 3.48. The molecule has 3 rings (SSSR count). The highest BCUT2D eigenvalue weighted by Gasteiger charge is 2.52. The molecule has 0 unspecified atom stereocenters. The maximum Gasteiger partial charge on any atom is 0.410 e. The van der Waals surface area contributed by atoms with E-state index in [1.165, 1.54) is 0 Å². The maximum atomic E-state index is 12.0. The van der Waals surface area contributed by atoms with Gasteiger partial charge in [0.2, 0.25) is 0 Å². The summed E-state index contributed by atoms with van der Waals surface area (Å²) < 4.78 is 16.9. The van der Waals surface area contributed by atoms with Crippen molar-refractivity contribution in [1.29, 1.82) is 0 Å². The highest BCUT2D eigenvalue weighted by Crippen LogP contribution is 2.49. The molecule has 0 N–H and O–H groups in total. The second-order valence-electron chi connectivity index (χ2n) is 7.44. The van der Waals surface area contributed by atoms with Gasteiger partial charge in [0.1, 0.15) is 5.60 Å². The average molecular weight is 283 g/mol. The Balaban J connectivity index is 1.49. The Morgan fingerprint density at radius 3 is 2.10 bits per heavy atom. The largest absolute Gasteiger partial charge is 0.444 e. The molecule has 0 aromatic heterocycles. The number of likely N-dealkylation sites (tertiary alicyclic amines) is 1. The predicted octanol–water partition coefficient (Wildman–Crippen LogP) is 2.54. The molecule has 114 valence electrons. The first-order chi connectivity index (χ1) is 9.32. The van der Waals surface area contributed by atoms with Gasteiger partial charge in [-0.1, -0.05) is 0 Å². The Morgan fingerprint density at radius 2 is 1.60 bits per heavy atom. The summed E-state index contributed by atoms with van der Waals surface area (Å²) in [6, 6.07) is 0. The summed E-state index contributed by atoms with van der Waals surface area (Å²) in [6.45, 7) is 8.78. The molecule has 3 fully saturated rings. The van der Waals surface area contributed by atoms with Crippen LogP contribution >= 0.6 is 0 Å². The Kier molecular flexibility index (Phi) is 3.25. The van der Waals surface area contributed by atoms with Gasteiger partial charge in [-0.2, -0.15) is 0 Å². The lowest BCUT2D eigenvalue weighted by Gasteiger charge is -2.54. The van der Waals surface area contributed by atoms with Crippen LogP contribution < -0.4 is 0 Å². The lowest BCUT2D eigenvalue weighted by atomic mass is 9.67. The molecule has 0 atom stereocenters. The van der Waals surface area contributed by atoms with E-state index in [-0.39, 0.29) is 17.3 Å². The van der Waals surface area contributed by atoms with Crippen LogP contribution in [0.2, 0.25) is 0 Å². The van der Waals surface area contributed by atoms with Crippen LogP contribution in [0.4, 0.5) is 4.79 Å². The highest BCUT2D eigenvalue weighted by atomic mass is 16.7. The molecule has 0 aromatic rings. The topological polar surface area (TPSA) is 48.0 Å². The summed E-state index contributed by atoms with van der Waals surface area (Å²) in [5.41, 5.74) is -0.139. The fraction of sp³-hybridized carbons (Fsp3) is 0.933. The predicted molar refractivity (Wildman–Crippen MR) is 73.3 cm³/mol. The first-order valence-electron chi connectivity index (χ1n) is 7.58. The normalized spacial score (nSPS) is 27.6. The van der Waals surface area contributed by atoms with Crippen LogP contribution in [0.25, 0.3) is 0 Å². The minimum absolute atomic E-state index is 0.184. The Hall–Kier alpha value is -0.810. The lowest BCUT2D eigenvalue weighted by molar-refractivity contribution is -0.203. The summed E-state index contributed by atoms with van der Waals surface area (Å²) in [5, 5.41) is 0. The molecular weight excluding hydrogens is 258 g/mol. The average Bonchev–Trinajstić information content (AvgIpc) is 2.74. The van der Waals surface area contributed by atoms with E-state index in [0.29, 0.717) is 0 Å². The minimum Gasteiger partial charge on any atom is -0.444 e. The van der Waals surface area contributed by atoms with E-state index in [1.54, 1.807) is 0 Å². The van der Waals surface area contributed by atoms with Crippen molar-refractivity contribution in [3.63, 3.8) is 0 Å². The van der Waals surface area contributed by atoms with Gasteiger partial charge in [0.05, 0.1) is 13.2 Å². The molecule has 2 heterocycles. The van der Waals surface area contributed by atoms with Crippen molar-refractivity contribution in [1.82, 2.24) is 4.90 Å². The standard InChI is InChI=1S/C15H25NO4/c1-13(2,3)20-12(17)16-10-14(11-16)4-6-15(7-5-14)18-8-9-19-15/h4-11H2,1-3H3. The number of hydrogen-bond acceptors (Lipinski definition) is 4. The number of nitrogens with zero attached hydrogens (tertiary/aromatic N) is 1. The zero-order valence-corrected chi connectivity index (χ0v) is 12.7. The molecule has 2 aliphatic heterocycles. The molecular formula is C15H25NO4. The van der Waals surface area contributed by atoms with Crippen molar-refractivity contribution >= 4 is 6.09 Å². The molecule has 2 saturated heterocycles. The van der Waals surface area contributed by atoms with Gasteiger partial charge in [-0.05, 0) is 33.6 Å². The molecule has 5 nitrogen and oxygen atoms in total. The molecule has 20 heavy (non-hydrogen) atoms. The summed E-state index contributed by atoms with van der Waals surface area (Å²) >= 11 is 0. The van der Waals surface area contributed by atoms with Crippen molar-refractivity contribution in [2.45, 2.75) is 57.8 Å². The number of carbonyl (C=O) groups excluding carboxylic acids is 1. The molecule has 0 radical (unpaired) electrons. The Labute approximate surface area is 120 Å². The zero-order chi connectivity index (χ0) is 14.4. The number of amides is 1. The third-order valence-corrected chi connectivity index (χ3v) is 4.59. The quantitative estimate of drug-likeness (QED) is 0.685. The lowest BCUT2D eigenvalue weighted by Crippen LogP contribution is -2.61. The van der Waals surface area contributed by atoms with E-state index in [0.717, 1.165) is 52.0 Å². The zero-order valence-electron chi connectivity index (χ0n) is 12.7. The fourth-order valence-corrected chi connectivity index (χ4v) is 3.48. The van der Waals surface area contributed by atoms with Gasteiger partial charge >= 0.3 is 6.09 Å². The molecule has 2 spiro atoms. The first-order valence-corrected chi connectivity index (χ1v) is 7.58. The van der Waals surface area contributed by atoms with Gasteiger partial charge < -0.3 is 19.1 Å². The second-order valence-corrected chi connectivity index (χ2v) is 7.44. The number of ether oxygens (including phenoxy) is 3. The van der Waals surface area contributed by atoms with Gasteiger partial charge in [-0.15, -0.1) is 0 Å². The Bertz CT molecular complexity index is 377. The van der Waals surface area contributed by atoms with Gasteiger partial charge in [-0.25, -0.2) is 4.79 Å². The van der Waals surface area contributed by atoms with Gasteiger partial charge in [-0.3, -0.25) is 0 Å². The maximum absolute atomic E-state index is 12.0. The van der Waals surface area contributed by atoms with Crippen molar-refractivity contribution in [2.24, 2.45) is 5.41 Å². The van der Waals surface area contributed by atoms with Crippen LogP contribution in [-0.2, 0) is 14.2 Å². The van der Waals surface area contributed by atoms with Gasteiger partial charge in [0.25, 0.3) is 0 Å². The van der Waals surface area contributed by atoms with E-state index < -0.39 is 5.60 Å². The number of rotatable bonds is 0. The van der Waals surface area contributed by atoms with E-state index in [4.69, 9.17) is 14.2 Å². The summed E-state index contributed by atoms with van der Waals surface area (Å²) in [7, 11) is 0. The van der Waals surface area contributed by atoms with Crippen molar-refractivity contribution in [3.8, 4) is 0 Å². The van der Waals surface area contributed by atoms with E-state index >= 15 is 0 Å². The molecule has 1 saturated carbocycles. The van der Waals surface area contributed by atoms with Gasteiger partial charge in [0.15, 0.2) is 5.79 Å². The number of carbonyl (C=O) groups is 1. The summed E-state index contributed by atoms with van der Waals surface area (Å²) in [6.07, 6.45) is 3.87. The van der Waals surface area contributed by atoms with Crippen LogP contribution in [0.1, 0.15) is 46.5 Å². The monoisotopic (exact) mass is 283 g/mol.